The molecule has 1 aromatic heterocycles. The molecule has 2 atom stereocenters. The van der Waals surface area contributed by atoms with Gasteiger partial charge in [-0.2, -0.15) is 11.8 Å². The monoisotopic (exact) mass is 306 g/mol. The second kappa shape index (κ2) is 7.12. The molecule has 2 aliphatic rings. The van der Waals surface area contributed by atoms with Gasteiger partial charge in [0.1, 0.15) is 0 Å². The van der Waals surface area contributed by atoms with Crippen LogP contribution in [-0.2, 0) is 11.2 Å². The summed E-state index contributed by atoms with van der Waals surface area (Å²) in [5, 5.41) is 0. The third-order valence-electron chi connectivity index (χ3n) is 5.00. The number of ether oxygens (including phenoxy) is 1. The van der Waals surface area contributed by atoms with Crippen molar-refractivity contribution in [1.82, 2.24) is 4.98 Å². The van der Waals surface area contributed by atoms with E-state index in [0.29, 0.717) is 5.92 Å². The lowest BCUT2D eigenvalue weighted by atomic mass is 9.78. The van der Waals surface area contributed by atoms with Crippen LogP contribution in [0, 0.1) is 5.92 Å². The number of hydrogen-bond donors (Lipinski definition) is 1. The Labute approximate surface area is 132 Å². The first kappa shape index (κ1) is 15.3. The number of aromatic nitrogens is 1. The number of hydrogen-bond acceptors (Lipinski definition) is 4. The molecule has 3 heterocycles. The molecule has 2 fully saturated rings. The van der Waals surface area contributed by atoms with Crippen molar-refractivity contribution in [3.63, 3.8) is 0 Å². The minimum atomic E-state index is 0.150. The summed E-state index contributed by atoms with van der Waals surface area (Å²) in [4.78, 5) is 4.40. The lowest BCUT2D eigenvalue weighted by molar-refractivity contribution is -0.105. The average molecular weight is 306 g/mol. The van der Waals surface area contributed by atoms with E-state index >= 15 is 0 Å². The molecule has 0 aliphatic carbocycles. The van der Waals surface area contributed by atoms with Crippen molar-refractivity contribution in [2.24, 2.45) is 11.7 Å². The van der Waals surface area contributed by atoms with E-state index in [1.54, 1.807) is 0 Å². The van der Waals surface area contributed by atoms with Crippen molar-refractivity contribution >= 4 is 11.8 Å². The summed E-state index contributed by atoms with van der Waals surface area (Å²) in [5.41, 5.74) is 7.80. The molecule has 2 N–H and O–H groups in total. The second-order valence-corrected chi connectivity index (χ2v) is 7.65. The Balaban J connectivity index is 1.53. The third-order valence-corrected chi connectivity index (χ3v) is 5.99. The van der Waals surface area contributed by atoms with Gasteiger partial charge in [0.2, 0.25) is 0 Å². The van der Waals surface area contributed by atoms with E-state index in [1.807, 2.05) is 12.3 Å². The van der Waals surface area contributed by atoms with Crippen molar-refractivity contribution in [1.29, 1.82) is 0 Å². The van der Waals surface area contributed by atoms with Crippen LogP contribution in [0.5, 0.6) is 0 Å². The maximum absolute atomic E-state index is 6.50. The molecule has 2 aliphatic heterocycles. The lowest BCUT2D eigenvalue weighted by Crippen LogP contribution is -2.47. The highest BCUT2D eigenvalue weighted by atomic mass is 32.2. The molecule has 4 heteroatoms. The number of rotatable bonds is 4. The largest absolute Gasteiger partial charge is 0.375 e. The van der Waals surface area contributed by atoms with Gasteiger partial charge in [-0.25, -0.2) is 0 Å². The quantitative estimate of drug-likeness (QED) is 0.929. The molecule has 0 radical (unpaired) electrons. The standard InChI is InChI=1S/C17H26N2OS/c18-16(5-4-15-3-1-2-9-19-15)14-6-10-20-17(13-14)7-11-21-12-8-17/h1-3,9,14,16H,4-8,10-13,18H2. The normalized spacial score (nSPS) is 26.6. The van der Waals surface area contributed by atoms with Gasteiger partial charge in [0.15, 0.2) is 0 Å². The number of nitrogens with zero attached hydrogens (tertiary/aromatic N) is 1. The minimum absolute atomic E-state index is 0.150. The van der Waals surface area contributed by atoms with E-state index in [0.717, 1.165) is 38.0 Å². The molecule has 0 aromatic carbocycles. The van der Waals surface area contributed by atoms with Crippen LogP contribution in [0.2, 0.25) is 0 Å². The summed E-state index contributed by atoms with van der Waals surface area (Å²) in [6.45, 7) is 0.895. The van der Waals surface area contributed by atoms with E-state index < -0.39 is 0 Å². The van der Waals surface area contributed by atoms with E-state index in [4.69, 9.17) is 10.5 Å². The van der Waals surface area contributed by atoms with E-state index in [-0.39, 0.29) is 11.6 Å². The fourth-order valence-electron chi connectivity index (χ4n) is 3.62. The van der Waals surface area contributed by atoms with Crippen LogP contribution in [-0.4, -0.2) is 34.7 Å². The molecule has 0 amide bonds. The maximum Gasteiger partial charge on any atom is 0.0701 e. The lowest BCUT2D eigenvalue weighted by Gasteiger charge is -2.44. The minimum Gasteiger partial charge on any atom is -0.375 e. The van der Waals surface area contributed by atoms with E-state index in [2.05, 4.69) is 28.9 Å². The van der Waals surface area contributed by atoms with Gasteiger partial charge >= 0.3 is 0 Å². The van der Waals surface area contributed by atoms with Crippen LogP contribution in [0.4, 0.5) is 0 Å². The Morgan fingerprint density at radius 2 is 2.24 bits per heavy atom. The van der Waals surface area contributed by atoms with Gasteiger partial charge in [-0.05, 0) is 68.1 Å². The topological polar surface area (TPSA) is 48.1 Å². The van der Waals surface area contributed by atoms with Crippen LogP contribution < -0.4 is 5.73 Å². The second-order valence-electron chi connectivity index (χ2n) is 6.42. The van der Waals surface area contributed by atoms with Gasteiger partial charge in [0, 0.05) is 24.5 Å². The van der Waals surface area contributed by atoms with Gasteiger partial charge in [0.05, 0.1) is 5.60 Å². The highest BCUT2D eigenvalue weighted by Gasteiger charge is 2.40. The molecule has 3 rings (SSSR count). The smallest absolute Gasteiger partial charge is 0.0701 e. The molecule has 2 saturated heterocycles. The van der Waals surface area contributed by atoms with Crippen LogP contribution in [0.1, 0.15) is 37.8 Å². The Hall–Kier alpha value is -0.580. The van der Waals surface area contributed by atoms with Crippen molar-refractivity contribution in [2.45, 2.75) is 50.2 Å². The van der Waals surface area contributed by atoms with Gasteiger partial charge in [-0.15, -0.1) is 0 Å². The first-order valence-corrected chi connectivity index (χ1v) is 9.30. The summed E-state index contributed by atoms with van der Waals surface area (Å²) in [6.07, 6.45) is 8.59. The Bertz CT molecular complexity index is 428. The zero-order valence-corrected chi connectivity index (χ0v) is 13.5. The summed E-state index contributed by atoms with van der Waals surface area (Å²) in [5.74, 6) is 3.11. The Morgan fingerprint density at radius 1 is 1.38 bits per heavy atom. The third kappa shape index (κ3) is 3.99. The molecule has 3 nitrogen and oxygen atoms in total. The highest BCUT2D eigenvalue weighted by molar-refractivity contribution is 7.99. The fraction of sp³-hybridized carbons (Fsp3) is 0.706. The van der Waals surface area contributed by atoms with Gasteiger partial charge < -0.3 is 10.5 Å². The molecule has 1 spiro atoms. The van der Waals surface area contributed by atoms with Crippen LogP contribution in [0.3, 0.4) is 0 Å². The number of thioether (sulfide) groups is 1. The zero-order chi connectivity index (χ0) is 14.5. The van der Waals surface area contributed by atoms with Gasteiger partial charge in [-0.3, -0.25) is 4.98 Å². The molecular formula is C17H26N2OS. The molecule has 21 heavy (non-hydrogen) atoms. The Morgan fingerprint density at radius 3 is 3.00 bits per heavy atom. The average Bonchev–Trinajstić information content (AvgIpc) is 2.54. The molecule has 2 unspecified atom stereocenters. The summed E-state index contributed by atoms with van der Waals surface area (Å²) >= 11 is 2.06. The summed E-state index contributed by atoms with van der Waals surface area (Å²) in [7, 11) is 0. The van der Waals surface area contributed by atoms with E-state index in [9.17, 15) is 0 Å². The molecule has 116 valence electrons. The van der Waals surface area contributed by atoms with Gasteiger partial charge in [-0.1, -0.05) is 6.07 Å². The zero-order valence-electron chi connectivity index (χ0n) is 12.7. The number of pyridine rings is 1. The molecular weight excluding hydrogens is 280 g/mol. The Kier molecular flexibility index (Phi) is 5.19. The molecule has 1 aromatic rings. The van der Waals surface area contributed by atoms with Crippen LogP contribution >= 0.6 is 11.8 Å². The van der Waals surface area contributed by atoms with Gasteiger partial charge in [0.25, 0.3) is 0 Å². The van der Waals surface area contributed by atoms with Crippen LogP contribution in [0.25, 0.3) is 0 Å². The number of aryl methyl sites for hydroxylation is 1. The predicted molar refractivity (Wildman–Crippen MR) is 88.5 cm³/mol. The maximum atomic E-state index is 6.50. The van der Waals surface area contributed by atoms with Crippen LogP contribution in [0.15, 0.2) is 24.4 Å². The van der Waals surface area contributed by atoms with Crippen molar-refractivity contribution in [3.05, 3.63) is 30.1 Å². The molecule has 0 bridgehead atoms. The van der Waals surface area contributed by atoms with Crippen molar-refractivity contribution in [3.8, 4) is 0 Å². The highest BCUT2D eigenvalue weighted by Crippen LogP contribution is 2.40. The first-order valence-electron chi connectivity index (χ1n) is 8.15. The van der Waals surface area contributed by atoms with Crippen molar-refractivity contribution < 1.29 is 4.74 Å². The first-order chi connectivity index (χ1) is 10.3. The van der Waals surface area contributed by atoms with E-state index in [1.165, 1.54) is 24.3 Å². The number of nitrogens with two attached hydrogens (primary N) is 1. The van der Waals surface area contributed by atoms with Crippen molar-refractivity contribution in [2.75, 3.05) is 18.1 Å². The molecule has 0 saturated carbocycles. The summed E-state index contributed by atoms with van der Waals surface area (Å²) < 4.78 is 6.17. The SMILES string of the molecule is NC(CCc1ccccn1)C1CCOC2(CCSCC2)C1. The fourth-order valence-corrected chi connectivity index (χ4v) is 4.86. The summed E-state index contributed by atoms with van der Waals surface area (Å²) in [6, 6.07) is 6.39. The predicted octanol–water partition coefficient (Wildman–Crippen LogP) is 3.03.